The zero-order valence-electron chi connectivity index (χ0n) is 14.7. The number of pyridine rings is 1. The van der Waals surface area contributed by atoms with Gasteiger partial charge in [0.05, 0.1) is 12.1 Å². The number of hydrogen-bond acceptors (Lipinski definition) is 5. The van der Waals surface area contributed by atoms with Gasteiger partial charge in [0.2, 0.25) is 0 Å². The normalized spacial score (nSPS) is 15.8. The fourth-order valence-electron chi connectivity index (χ4n) is 2.66. The number of aromatic nitrogens is 1. The van der Waals surface area contributed by atoms with Crippen LogP contribution in [0.15, 0.2) is 42.6 Å². The number of nitrogens with zero attached hydrogens (tertiary/aromatic N) is 2. The zero-order chi connectivity index (χ0) is 17.8. The molecule has 0 radical (unpaired) electrons. The SMILES string of the molecule is CC(C)Nc1ccc(C(=O)N(C)C[C@H]2COc3ccccc3O2)cn1. The standard InChI is InChI=1S/C19H23N3O3/c1-13(2)21-18-9-8-14(10-20-18)19(23)22(3)11-15-12-24-16-6-4-5-7-17(16)25-15/h4-10,13,15H,11-12H2,1-3H3,(H,20,21)/t15-/m0/s1. The second kappa shape index (κ2) is 7.42. The van der Waals surface area contributed by atoms with Gasteiger partial charge in [0.25, 0.3) is 5.91 Å². The van der Waals surface area contributed by atoms with E-state index < -0.39 is 0 Å². The van der Waals surface area contributed by atoms with E-state index in [-0.39, 0.29) is 12.0 Å². The minimum Gasteiger partial charge on any atom is -0.486 e. The van der Waals surface area contributed by atoms with Crippen molar-refractivity contribution in [1.29, 1.82) is 0 Å². The number of likely N-dealkylation sites (N-methyl/N-ethyl adjacent to an activating group) is 1. The van der Waals surface area contributed by atoms with Crippen LogP contribution in [0.25, 0.3) is 0 Å². The Balaban J connectivity index is 1.59. The van der Waals surface area contributed by atoms with E-state index in [0.29, 0.717) is 30.5 Å². The van der Waals surface area contributed by atoms with Crippen LogP contribution in [0.5, 0.6) is 11.5 Å². The monoisotopic (exact) mass is 341 g/mol. The Bertz CT molecular complexity index is 731. The molecule has 2 heterocycles. The average molecular weight is 341 g/mol. The maximum atomic E-state index is 12.6. The number of anilines is 1. The van der Waals surface area contributed by atoms with E-state index in [0.717, 1.165) is 11.6 Å². The maximum Gasteiger partial charge on any atom is 0.255 e. The number of amides is 1. The minimum absolute atomic E-state index is 0.0916. The highest BCUT2D eigenvalue weighted by Crippen LogP contribution is 2.31. The van der Waals surface area contributed by atoms with Crippen molar-refractivity contribution in [3.05, 3.63) is 48.2 Å². The molecule has 1 aromatic carbocycles. The van der Waals surface area contributed by atoms with Gasteiger partial charge >= 0.3 is 0 Å². The van der Waals surface area contributed by atoms with E-state index in [1.54, 1.807) is 24.2 Å². The highest BCUT2D eigenvalue weighted by atomic mass is 16.6. The highest BCUT2D eigenvalue weighted by molar-refractivity contribution is 5.93. The molecule has 1 N–H and O–H groups in total. The first kappa shape index (κ1) is 17.1. The van der Waals surface area contributed by atoms with Crippen molar-refractivity contribution in [3.8, 4) is 11.5 Å². The summed E-state index contributed by atoms with van der Waals surface area (Å²) in [5.41, 5.74) is 0.550. The Kier molecular flexibility index (Phi) is 5.07. The summed E-state index contributed by atoms with van der Waals surface area (Å²) in [5, 5.41) is 3.20. The average Bonchev–Trinajstić information content (AvgIpc) is 2.61. The van der Waals surface area contributed by atoms with Crippen molar-refractivity contribution >= 4 is 11.7 Å². The number of nitrogens with one attached hydrogen (secondary N) is 1. The number of carbonyl (C=O) groups excluding carboxylic acids is 1. The van der Waals surface area contributed by atoms with Crippen LogP contribution in [0.4, 0.5) is 5.82 Å². The lowest BCUT2D eigenvalue weighted by atomic mass is 10.2. The zero-order valence-corrected chi connectivity index (χ0v) is 14.7. The third kappa shape index (κ3) is 4.21. The first-order chi connectivity index (χ1) is 12.0. The Morgan fingerprint density at radius 3 is 2.72 bits per heavy atom. The highest BCUT2D eigenvalue weighted by Gasteiger charge is 2.24. The molecule has 0 unspecified atom stereocenters. The molecule has 3 rings (SSSR count). The summed E-state index contributed by atoms with van der Waals surface area (Å²) < 4.78 is 11.6. The molecule has 25 heavy (non-hydrogen) atoms. The van der Waals surface area contributed by atoms with Crippen LogP contribution in [0.2, 0.25) is 0 Å². The summed E-state index contributed by atoms with van der Waals surface area (Å²) in [7, 11) is 1.76. The molecule has 2 aromatic rings. The summed E-state index contributed by atoms with van der Waals surface area (Å²) in [6.07, 6.45) is 1.40. The van der Waals surface area contributed by atoms with E-state index in [1.807, 2.05) is 44.2 Å². The molecular weight excluding hydrogens is 318 g/mol. The van der Waals surface area contributed by atoms with Crippen LogP contribution in [0.1, 0.15) is 24.2 Å². The van der Waals surface area contributed by atoms with Crippen molar-refractivity contribution in [3.63, 3.8) is 0 Å². The fraction of sp³-hybridized carbons (Fsp3) is 0.368. The smallest absolute Gasteiger partial charge is 0.255 e. The van der Waals surface area contributed by atoms with Gasteiger partial charge in [-0.15, -0.1) is 0 Å². The number of para-hydroxylation sites is 2. The summed E-state index contributed by atoms with van der Waals surface area (Å²) >= 11 is 0. The molecule has 0 saturated carbocycles. The van der Waals surface area contributed by atoms with Crippen LogP contribution >= 0.6 is 0 Å². The van der Waals surface area contributed by atoms with E-state index in [2.05, 4.69) is 10.3 Å². The number of hydrogen-bond donors (Lipinski definition) is 1. The van der Waals surface area contributed by atoms with E-state index in [1.165, 1.54) is 0 Å². The van der Waals surface area contributed by atoms with Crippen LogP contribution in [0.3, 0.4) is 0 Å². The van der Waals surface area contributed by atoms with Gasteiger partial charge in [-0.05, 0) is 38.1 Å². The minimum atomic E-state index is -0.196. The Morgan fingerprint density at radius 2 is 2.04 bits per heavy atom. The predicted octanol–water partition coefficient (Wildman–Crippen LogP) is 2.81. The summed E-state index contributed by atoms with van der Waals surface area (Å²) in [6, 6.07) is 11.4. The van der Waals surface area contributed by atoms with Crippen LogP contribution < -0.4 is 14.8 Å². The molecule has 0 aliphatic carbocycles. The first-order valence-corrected chi connectivity index (χ1v) is 8.39. The van der Waals surface area contributed by atoms with Crippen molar-refractivity contribution in [2.75, 3.05) is 25.5 Å². The van der Waals surface area contributed by atoms with Crippen LogP contribution in [-0.4, -0.2) is 48.1 Å². The first-order valence-electron chi connectivity index (χ1n) is 8.39. The molecule has 1 atom stereocenters. The third-order valence-electron chi connectivity index (χ3n) is 3.84. The molecule has 1 aliphatic rings. The summed E-state index contributed by atoms with van der Waals surface area (Å²) in [4.78, 5) is 18.5. The van der Waals surface area contributed by atoms with Crippen molar-refractivity contribution in [2.45, 2.75) is 26.0 Å². The Labute approximate surface area is 147 Å². The molecule has 1 aromatic heterocycles. The van der Waals surface area contributed by atoms with E-state index >= 15 is 0 Å². The largest absolute Gasteiger partial charge is 0.486 e. The van der Waals surface area contributed by atoms with Crippen molar-refractivity contribution < 1.29 is 14.3 Å². The number of carbonyl (C=O) groups is 1. The molecule has 0 bridgehead atoms. The van der Waals surface area contributed by atoms with Gasteiger partial charge in [-0.2, -0.15) is 0 Å². The Hall–Kier alpha value is -2.76. The topological polar surface area (TPSA) is 63.7 Å². The molecule has 132 valence electrons. The molecule has 0 saturated heterocycles. The molecular formula is C19H23N3O3. The van der Waals surface area contributed by atoms with Gasteiger partial charge < -0.3 is 19.7 Å². The molecule has 0 spiro atoms. The van der Waals surface area contributed by atoms with Crippen molar-refractivity contribution in [2.24, 2.45) is 0 Å². The van der Waals surface area contributed by atoms with Gasteiger partial charge in [0.1, 0.15) is 12.4 Å². The van der Waals surface area contributed by atoms with Gasteiger partial charge in [-0.25, -0.2) is 4.98 Å². The number of fused-ring (bicyclic) bond motifs is 1. The fourth-order valence-corrected chi connectivity index (χ4v) is 2.66. The molecule has 6 heteroatoms. The Morgan fingerprint density at radius 1 is 1.28 bits per heavy atom. The maximum absolute atomic E-state index is 12.6. The quantitative estimate of drug-likeness (QED) is 0.906. The summed E-state index contributed by atoms with van der Waals surface area (Å²) in [5.74, 6) is 2.12. The summed E-state index contributed by atoms with van der Waals surface area (Å²) in [6.45, 7) is 4.95. The molecule has 1 amide bonds. The second-order valence-corrected chi connectivity index (χ2v) is 6.41. The predicted molar refractivity (Wildman–Crippen MR) is 96.3 cm³/mol. The van der Waals surface area contributed by atoms with Gasteiger partial charge in [-0.3, -0.25) is 4.79 Å². The molecule has 1 aliphatic heterocycles. The van der Waals surface area contributed by atoms with Gasteiger partial charge in [0, 0.05) is 19.3 Å². The van der Waals surface area contributed by atoms with Crippen LogP contribution in [0, 0.1) is 0 Å². The lowest BCUT2D eigenvalue weighted by Gasteiger charge is -2.29. The second-order valence-electron chi connectivity index (χ2n) is 6.41. The number of rotatable bonds is 5. The van der Waals surface area contributed by atoms with Gasteiger partial charge in [-0.1, -0.05) is 12.1 Å². The number of benzene rings is 1. The van der Waals surface area contributed by atoms with Gasteiger partial charge in [0.15, 0.2) is 17.6 Å². The molecule has 0 fully saturated rings. The lowest BCUT2D eigenvalue weighted by molar-refractivity contribution is 0.0520. The number of ether oxygens (including phenoxy) is 2. The lowest BCUT2D eigenvalue weighted by Crippen LogP contribution is -2.41. The van der Waals surface area contributed by atoms with Crippen molar-refractivity contribution in [1.82, 2.24) is 9.88 Å². The van der Waals surface area contributed by atoms with Crippen LogP contribution in [-0.2, 0) is 0 Å². The third-order valence-corrected chi connectivity index (χ3v) is 3.84. The van der Waals surface area contributed by atoms with E-state index in [4.69, 9.17) is 9.47 Å². The molecule has 6 nitrogen and oxygen atoms in total. The van der Waals surface area contributed by atoms with E-state index in [9.17, 15) is 4.79 Å².